The molecule has 0 aliphatic heterocycles. The van der Waals surface area contributed by atoms with Crippen LogP contribution in [0.4, 0.5) is 5.69 Å². The standard InChI is InChI=1S/C11H13N3O4/c1-17-8-4-2-7(3-5-8)12-6-9(15)10-13-14-11(16)18-10/h2-5,9,12,15H,6H2,1H3,(H,14,16). The van der Waals surface area contributed by atoms with E-state index in [1.54, 1.807) is 19.2 Å². The van der Waals surface area contributed by atoms with E-state index in [4.69, 9.17) is 4.74 Å². The van der Waals surface area contributed by atoms with Crippen LogP contribution in [0.15, 0.2) is 33.5 Å². The third-order valence-corrected chi connectivity index (χ3v) is 2.33. The van der Waals surface area contributed by atoms with Crippen molar-refractivity contribution in [3.8, 4) is 5.75 Å². The summed E-state index contributed by atoms with van der Waals surface area (Å²) in [6, 6.07) is 7.21. The lowest BCUT2D eigenvalue weighted by Gasteiger charge is -2.09. The van der Waals surface area contributed by atoms with Crippen molar-refractivity contribution in [3.63, 3.8) is 0 Å². The molecule has 2 aromatic rings. The monoisotopic (exact) mass is 251 g/mol. The highest BCUT2D eigenvalue weighted by Gasteiger charge is 2.13. The molecule has 3 N–H and O–H groups in total. The summed E-state index contributed by atoms with van der Waals surface area (Å²) in [4.78, 5) is 10.7. The molecule has 1 atom stereocenters. The van der Waals surface area contributed by atoms with Crippen LogP contribution in [0, 0.1) is 0 Å². The second kappa shape index (κ2) is 5.37. The highest BCUT2D eigenvalue weighted by Crippen LogP contribution is 2.16. The van der Waals surface area contributed by atoms with Crippen molar-refractivity contribution in [1.29, 1.82) is 0 Å². The number of nitrogens with one attached hydrogen (secondary N) is 2. The molecule has 1 heterocycles. The van der Waals surface area contributed by atoms with Crippen LogP contribution in [0.25, 0.3) is 0 Å². The van der Waals surface area contributed by atoms with Crippen LogP contribution in [0.1, 0.15) is 12.0 Å². The molecule has 1 aromatic carbocycles. The largest absolute Gasteiger partial charge is 0.497 e. The fourth-order valence-electron chi connectivity index (χ4n) is 1.39. The minimum atomic E-state index is -0.994. The maximum absolute atomic E-state index is 10.7. The van der Waals surface area contributed by atoms with Gasteiger partial charge < -0.3 is 19.6 Å². The number of aliphatic hydroxyl groups is 1. The van der Waals surface area contributed by atoms with E-state index in [1.165, 1.54) is 0 Å². The lowest BCUT2D eigenvalue weighted by atomic mass is 10.3. The number of rotatable bonds is 5. The summed E-state index contributed by atoms with van der Waals surface area (Å²) < 4.78 is 9.66. The summed E-state index contributed by atoms with van der Waals surface area (Å²) >= 11 is 0. The molecule has 0 saturated carbocycles. The summed E-state index contributed by atoms with van der Waals surface area (Å²) in [5.41, 5.74) is 0.813. The van der Waals surface area contributed by atoms with E-state index < -0.39 is 11.9 Å². The second-order valence-electron chi connectivity index (χ2n) is 3.58. The molecule has 2 rings (SSSR count). The van der Waals surface area contributed by atoms with Gasteiger partial charge in [0.25, 0.3) is 0 Å². The maximum Gasteiger partial charge on any atom is 0.434 e. The second-order valence-corrected chi connectivity index (χ2v) is 3.58. The van der Waals surface area contributed by atoms with Gasteiger partial charge >= 0.3 is 5.76 Å². The zero-order valence-electron chi connectivity index (χ0n) is 9.71. The van der Waals surface area contributed by atoms with E-state index in [-0.39, 0.29) is 12.4 Å². The van der Waals surface area contributed by atoms with Crippen molar-refractivity contribution in [2.24, 2.45) is 0 Å². The lowest BCUT2D eigenvalue weighted by molar-refractivity contribution is 0.154. The Bertz CT molecular complexity index is 546. The number of nitrogens with zero attached hydrogens (tertiary/aromatic N) is 1. The molecule has 18 heavy (non-hydrogen) atoms. The van der Waals surface area contributed by atoms with Gasteiger partial charge in [-0.3, -0.25) is 0 Å². The van der Waals surface area contributed by atoms with Crippen molar-refractivity contribution < 1.29 is 14.3 Å². The summed E-state index contributed by atoms with van der Waals surface area (Å²) in [6.45, 7) is 0.181. The number of hydrogen-bond acceptors (Lipinski definition) is 6. The molecular weight excluding hydrogens is 238 g/mol. The third kappa shape index (κ3) is 2.89. The van der Waals surface area contributed by atoms with Gasteiger partial charge in [0.15, 0.2) is 0 Å². The summed E-state index contributed by atoms with van der Waals surface area (Å²) in [6.07, 6.45) is -0.994. The summed E-state index contributed by atoms with van der Waals surface area (Å²) in [5.74, 6) is 0.0221. The van der Waals surface area contributed by atoms with Gasteiger partial charge in [-0.25, -0.2) is 9.89 Å². The fraction of sp³-hybridized carbons (Fsp3) is 0.273. The zero-order valence-corrected chi connectivity index (χ0v) is 9.71. The van der Waals surface area contributed by atoms with Crippen LogP contribution in [-0.4, -0.2) is 29.0 Å². The molecule has 7 nitrogen and oxygen atoms in total. The molecule has 0 amide bonds. The smallest absolute Gasteiger partial charge is 0.434 e. The Balaban J connectivity index is 1.92. The molecule has 1 aromatic heterocycles. The molecule has 0 aliphatic carbocycles. The predicted molar refractivity (Wildman–Crippen MR) is 63.6 cm³/mol. The Hall–Kier alpha value is -2.28. The van der Waals surface area contributed by atoms with E-state index in [2.05, 4.69) is 19.9 Å². The average molecular weight is 251 g/mol. The maximum atomic E-state index is 10.7. The molecule has 0 spiro atoms. The van der Waals surface area contributed by atoms with Gasteiger partial charge in [-0.05, 0) is 24.3 Å². The molecule has 0 fully saturated rings. The zero-order chi connectivity index (χ0) is 13.0. The molecule has 96 valence electrons. The lowest BCUT2D eigenvalue weighted by Crippen LogP contribution is -2.12. The Kier molecular flexibility index (Phi) is 3.63. The van der Waals surface area contributed by atoms with Crippen LogP contribution in [-0.2, 0) is 0 Å². The molecule has 0 aliphatic rings. The number of benzene rings is 1. The van der Waals surface area contributed by atoms with E-state index in [9.17, 15) is 9.90 Å². The van der Waals surface area contributed by atoms with Gasteiger partial charge in [-0.1, -0.05) is 0 Å². The van der Waals surface area contributed by atoms with Gasteiger partial charge in [0.2, 0.25) is 5.89 Å². The van der Waals surface area contributed by atoms with Crippen molar-refractivity contribution in [3.05, 3.63) is 40.7 Å². The van der Waals surface area contributed by atoms with E-state index in [0.29, 0.717) is 0 Å². The van der Waals surface area contributed by atoms with Crippen molar-refractivity contribution >= 4 is 5.69 Å². The van der Waals surface area contributed by atoms with Crippen LogP contribution >= 0.6 is 0 Å². The summed E-state index contributed by atoms with van der Waals surface area (Å²) in [5, 5.41) is 18.3. The third-order valence-electron chi connectivity index (χ3n) is 2.33. The number of aliphatic hydroxyl groups excluding tert-OH is 1. The fourth-order valence-corrected chi connectivity index (χ4v) is 1.39. The predicted octanol–water partition coefficient (Wildman–Crippen LogP) is 0.517. The number of methoxy groups -OCH3 is 1. The topological polar surface area (TPSA) is 100 Å². The van der Waals surface area contributed by atoms with E-state index in [0.717, 1.165) is 11.4 Å². The highest BCUT2D eigenvalue weighted by molar-refractivity contribution is 5.46. The SMILES string of the molecule is COc1ccc(NCC(O)c2n[nH]c(=O)o2)cc1. The Labute approximate surface area is 102 Å². The Morgan fingerprint density at radius 1 is 1.50 bits per heavy atom. The highest BCUT2D eigenvalue weighted by atomic mass is 16.5. The number of anilines is 1. The van der Waals surface area contributed by atoms with Gasteiger partial charge in [0.05, 0.1) is 7.11 Å². The quantitative estimate of drug-likeness (QED) is 0.716. The van der Waals surface area contributed by atoms with Gasteiger partial charge in [0.1, 0.15) is 11.9 Å². The minimum absolute atomic E-state index is 0.0407. The first kappa shape index (κ1) is 12.2. The summed E-state index contributed by atoms with van der Waals surface area (Å²) in [7, 11) is 1.59. The number of hydrogen-bond donors (Lipinski definition) is 3. The van der Waals surface area contributed by atoms with Crippen molar-refractivity contribution in [1.82, 2.24) is 10.2 Å². The normalized spacial score (nSPS) is 12.1. The minimum Gasteiger partial charge on any atom is -0.497 e. The molecule has 0 saturated heterocycles. The first-order valence-corrected chi connectivity index (χ1v) is 5.30. The number of ether oxygens (including phenoxy) is 1. The van der Waals surface area contributed by atoms with Gasteiger partial charge in [0, 0.05) is 12.2 Å². The van der Waals surface area contributed by atoms with Crippen molar-refractivity contribution in [2.45, 2.75) is 6.10 Å². The molecule has 1 unspecified atom stereocenters. The van der Waals surface area contributed by atoms with E-state index >= 15 is 0 Å². The Morgan fingerprint density at radius 2 is 2.22 bits per heavy atom. The first-order valence-electron chi connectivity index (χ1n) is 5.30. The first-order chi connectivity index (χ1) is 8.69. The van der Waals surface area contributed by atoms with Crippen LogP contribution in [0.5, 0.6) is 5.75 Å². The van der Waals surface area contributed by atoms with Gasteiger partial charge in [-0.15, -0.1) is 5.10 Å². The van der Waals surface area contributed by atoms with Crippen LogP contribution < -0.4 is 15.8 Å². The molecule has 0 radical (unpaired) electrons. The van der Waals surface area contributed by atoms with Crippen LogP contribution in [0.3, 0.4) is 0 Å². The number of H-pyrrole nitrogens is 1. The molecular formula is C11H13N3O4. The van der Waals surface area contributed by atoms with Crippen LogP contribution in [0.2, 0.25) is 0 Å². The average Bonchev–Trinajstić information content (AvgIpc) is 2.83. The van der Waals surface area contributed by atoms with Crippen molar-refractivity contribution in [2.75, 3.05) is 19.0 Å². The molecule has 7 heteroatoms. The van der Waals surface area contributed by atoms with E-state index in [1.807, 2.05) is 12.1 Å². The molecule has 0 bridgehead atoms. The Morgan fingerprint density at radius 3 is 2.78 bits per heavy atom. The number of aromatic amines is 1. The number of aromatic nitrogens is 2. The van der Waals surface area contributed by atoms with Gasteiger partial charge in [-0.2, -0.15) is 0 Å².